The van der Waals surface area contributed by atoms with Gasteiger partial charge in [0.05, 0.1) is 30.5 Å². The molecule has 1 aliphatic heterocycles. The lowest BCUT2D eigenvalue weighted by atomic mass is 10.00. The van der Waals surface area contributed by atoms with Gasteiger partial charge in [0.25, 0.3) is 0 Å². The Hall–Kier alpha value is -1.56. The highest BCUT2D eigenvalue weighted by Gasteiger charge is 2.40. The molecule has 3 rings (SSSR count). The Kier molecular flexibility index (Phi) is 4.12. The summed E-state index contributed by atoms with van der Waals surface area (Å²) in [5.74, 6) is 0.763. The Morgan fingerprint density at radius 2 is 2.09 bits per heavy atom. The molecule has 1 aliphatic carbocycles. The first-order valence-electron chi connectivity index (χ1n) is 8.13. The highest BCUT2D eigenvalue weighted by Crippen LogP contribution is 2.36. The Bertz CT molecular complexity index is 529. The summed E-state index contributed by atoms with van der Waals surface area (Å²) in [7, 11) is 0. The van der Waals surface area contributed by atoms with E-state index in [0.717, 1.165) is 29.9 Å². The van der Waals surface area contributed by atoms with Crippen LogP contribution in [0.1, 0.15) is 55.7 Å². The second-order valence-electron chi connectivity index (χ2n) is 6.57. The molecule has 1 aromatic heterocycles. The van der Waals surface area contributed by atoms with E-state index in [2.05, 4.69) is 10.5 Å². The molecule has 0 unspecified atom stereocenters. The van der Waals surface area contributed by atoms with Crippen molar-refractivity contribution in [1.29, 1.82) is 0 Å². The zero-order chi connectivity index (χ0) is 15.7. The maximum Gasteiger partial charge on any atom is 0.318 e. The van der Waals surface area contributed by atoms with Crippen LogP contribution >= 0.6 is 0 Å². The number of rotatable bonds is 2. The number of hydrogen-bond acceptors (Lipinski definition) is 4. The average molecular weight is 307 g/mol. The Labute approximate surface area is 131 Å². The van der Waals surface area contributed by atoms with Crippen LogP contribution in [-0.2, 0) is 4.74 Å². The molecule has 0 radical (unpaired) electrons. The van der Waals surface area contributed by atoms with Crippen LogP contribution in [0.4, 0.5) is 4.79 Å². The number of morpholine rings is 1. The molecular formula is C16H25N3O3. The van der Waals surface area contributed by atoms with Crippen LogP contribution in [0.3, 0.4) is 0 Å². The van der Waals surface area contributed by atoms with Crippen LogP contribution in [-0.4, -0.2) is 41.4 Å². The fourth-order valence-electron chi connectivity index (χ4n) is 3.80. The van der Waals surface area contributed by atoms with Crippen LogP contribution in [0.15, 0.2) is 4.52 Å². The predicted molar refractivity (Wildman–Crippen MR) is 81.6 cm³/mol. The monoisotopic (exact) mass is 307 g/mol. The molecule has 6 heteroatoms. The van der Waals surface area contributed by atoms with E-state index in [4.69, 9.17) is 9.26 Å². The molecule has 122 valence electrons. The highest BCUT2D eigenvalue weighted by atomic mass is 16.5. The minimum Gasteiger partial charge on any atom is -0.371 e. The first-order chi connectivity index (χ1) is 10.5. The fraction of sp³-hybridized carbons (Fsp3) is 0.750. The zero-order valence-electron chi connectivity index (χ0n) is 13.6. The second kappa shape index (κ2) is 5.91. The fourth-order valence-corrected chi connectivity index (χ4v) is 3.80. The largest absolute Gasteiger partial charge is 0.371 e. The standard InChI is InChI=1S/C16H25N3O3/c1-11(14-12(2)18-22-13(14)3)17-15(20)19-8-9-21-16(10-19)6-4-5-7-16/h11H,4-10H2,1-3H3,(H,17,20)/t11-/m1/s1. The maximum atomic E-state index is 12.6. The van der Waals surface area contributed by atoms with E-state index in [0.29, 0.717) is 19.7 Å². The third-order valence-electron chi connectivity index (χ3n) is 4.91. The number of urea groups is 1. The van der Waals surface area contributed by atoms with Gasteiger partial charge in [-0.15, -0.1) is 0 Å². The lowest BCUT2D eigenvalue weighted by Crippen LogP contribution is -2.55. The van der Waals surface area contributed by atoms with Gasteiger partial charge in [-0.05, 0) is 33.6 Å². The summed E-state index contributed by atoms with van der Waals surface area (Å²) in [5.41, 5.74) is 1.71. The van der Waals surface area contributed by atoms with Gasteiger partial charge in [0.1, 0.15) is 5.76 Å². The van der Waals surface area contributed by atoms with Gasteiger partial charge in [-0.1, -0.05) is 18.0 Å². The van der Waals surface area contributed by atoms with Crippen molar-refractivity contribution in [2.45, 2.75) is 58.1 Å². The van der Waals surface area contributed by atoms with Crippen molar-refractivity contribution in [3.05, 3.63) is 17.0 Å². The van der Waals surface area contributed by atoms with Crippen LogP contribution in [0.25, 0.3) is 0 Å². The molecule has 1 aromatic rings. The van der Waals surface area contributed by atoms with Crippen LogP contribution in [0, 0.1) is 13.8 Å². The SMILES string of the molecule is Cc1noc(C)c1[C@@H](C)NC(=O)N1CCOC2(CCCC2)C1. The first-order valence-corrected chi connectivity index (χ1v) is 8.13. The summed E-state index contributed by atoms with van der Waals surface area (Å²) in [6.07, 6.45) is 4.53. The number of hydrogen-bond donors (Lipinski definition) is 1. The van der Waals surface area contributed by atoms with Crippen molar-refractivity contribution >= 4 is 6.03 Å². The molecule has 0 bridgehead atoms. The van der Waals surface area contributed by atoms with Crippen molar-refractivity contribution < 1.29 is 14.1 Å². The Morgan fingerprint density at radius 1 is 1.36 bits per heavy atom. The quantitative estimate of drug-likeness (QED) is 0.912. The van der Waals surface area contributed by atoms with Gasteiger partial charge in [0.15, 0.2) is 0 Å². The lowest BCUT2D eigenvalue weighted by molar-refractivity contribution is -0.0927. The molecule has 2 heterocycles. The van der Waals surface area contributed by atoms with Gasteiger partial charge in [0.2, 0.25) is 0 Å². The van der Waals surface area contributed by atoms with Gasteiger partial charge in [-0.2, -0.15) is 0 Å². The summed E-state index contributed by atoms with van der Waals surface area (Å²) in [6, 6.07) is -0.136. The molecule has 22 heavy (non-hydrogen) atoms. The number of carbonyl (C=O) groups excluding carboxylic acids is 1. The van der Waals surface area contributed by atoms with Crippen LogP contribution < -0.4 is 5.32 Å². The van der Waals surface area contributed by atoms with E-state index in [1.807, 2.05) is 25.7 Å². The number of nitrogens with one attached hydrogen (secondary N) is 1. The van der Waals surface area contributed by atoms with E-state index in [-0.39, 0.29) is 17.7 Å². The van der Waals surface area contributed by atoms with E-state index in [1.54, 1.807) is 0 Å². The second-order valence-corrected chi connectivity index (χ2v) is 6.57. The third kappa shape index (κ3) is 2.84. The molecule has 1 saturated heterocycles. The molecule has 1 spiro atoms. The van der Waals surface area contributed by atoms with Crippen molar-refractivity contribution in [1.82, 2.24) is 15.4 Å². The van der Waals surface area contributed by atoms with Gasteiger partial charge < -0.3 is 19.5 Å². The lowest BCUT2D eigenvalue weighted by Gasteiger charge is -2.40. The van der Waals surface area contributed by atoms with Crippen molar-refractivity contribution in [2.24, 2.45) is 0 Å². The molecule has 6 nitrogen and oxygen atoms in total. The Morgan fingerprint density at radius 3 is 2.73 bits per heavy atom. The summed E-state index contributed by atoms with van der Waals surface area (Å²) < 4.78 is 11.2. The smallest absolute Gasteiger partial charge is 0.318 e. The van der Waals surface area contributed by atoms with Gasteiger partial charge in [-0.25, -0.2) is 4.79 Å². The predicted octanol–water partition coefficient (Wildman–Crippen LogP) is 2.71. The molecule has 0 aromatic carbocycles. The summed E-state index contributed by atoms with van der Waals surface area (Å²) in [4.78, 5) is 14.5. The normalized spacial score (nSPS) is 22.0. The Balaban J connectivity index is 1.64. The molecule has 2 amide bonds. The average Bonchev–Trinajstić information content (AvgIpc) is 3.06. The number of nitrogens with zero attached hydrogens (tertiary/aromatic N) is 2. The zero-order valence-corrected chi connectivity index (χ0v) is 13.6. The van der Waals surface area contributed by atoms with Crippen LogP contribution in [0.5, 0.6) is 0 Å². The summed E-state index contributed by atoms with van der Waals surface area (Å²) >= 11 is 0. The van der Waals surface area contributed by atoms with E-state index in [9.17, 15) is 4.79 Å². The summed E-state index contributed by atoms with van der Waals surface area (Å²) in [5, 5.41) is 7.03. The molecule has 2 fully saturated rings. The van der Waals surface area contributed by atoms with E-state index in [1.165, 1.54) is 12.8 Å². The molecule has 1 N–H and O–H groups in total. The van der Waals surface area contributed by atoms with E-state index >= 15 is 0 Å². The number of aryl methyl sites for hydroxylation is 2. The third-order valence-corrected chi connectivity index (χ3v) is 4.91. The van der Waals surface area contributed by atoms with Crippen LogP contribution in [0.2, 0.25) is 0 Å². The van der Waals surface area contributed by atoms with Gasteiger partial charge in [0, 0.05) is 12.1 Å². The highest BCUT2D eigenvalue weighted by molar-refractivity contribution is 5.75. The van der Waals surface area contributed by atoms with Crippen molar-refractivity contribution in [2.75, 3.05) is 19.7 Å². The number of carbonyl (C=O) groups is 1. The number of amides is 2. The maximum absolute atomic E-state index is 12.6. The van der Waals surface area contributed by atoms with E-state index < -0.39 is 0 Å². The van der Waals surface area contributed by atoms with Crippen molar-refractivity contribution in [3.8, 4) is 0 Å². The minimum atomic E-state index is -0.110. The van der Waals surface area contributed by atoms with Gasteiger partial charge >= 0.3 is 6.03 Å². The number of ether oxygens (including phenoxy) is 1. The molecule has 2 aliphatic rings. The molecular weight excluding hydrogens is 282 g/mol. The first kappa shape index (κ1) is 15.3. The van der Waals surface area contributed by atoms with Gasteiger partial charge in [-0.3, -0.25) is 0 Å². The number of aromatic nitrogens is 1. The topological polar surface area (TPSA) is 67.6 Å². The molecule has 1 saturated carbocycles. The van der Waals surface area contributed by atoms with Crippen molar-refractivity contribution in [3.63, 3.8) is 0 Å². The molecule has 1 atom stereocenters. The summed E-state index contributed by atoms with van der Waals surface area (Å²) in [6.45, 7) is 7.73. The minimum absolute atomic E-state index is 0.0259.